The second-order valence-corrected chi connectivity index (χ2v) is 4.06. The first-order valence-corrected chi connectivity index (χ1v) is 4.87. The summed E-state index contributed by atoms with van der Waals surface area (Å²) in [5, 5.41) is 0. The standard InChI is InChI=1S/C11H19P/c1-6-9(4)7-11(12)10(5)8(2)3/h6,11H,2,5,7,12H2,1,3-4H3/b9-6-. The molecule has 2 atom stereocenters. The van der Waals surface area contributed by atoms with Crippen molar-refractivity contribution >= 4 is 9.24 Å². The summed E-state index contributed by atoms with van der Waals surface area (Å²) in [4.78, 5) is 0. The van der Waals surface area contributed by atoms with Crippen LogP contribution in [0.2, 0.25) is 0 Å². The van der Waals surface area contributed by atoms with Gasteiger partial charge in [-0.15, -0.1) is 9.24 Å². The van der Waals surface area contributed by atoms with Gasteiger partial charge in [-0.1, -0.05) is 30.4 Å². The molecule has 0 radical (unpaired) electrons. The van der Waals surface area contributed by atoms with Crippen LogP contribution in [0.15, 0.2) is 36.0 Å². The van der Waals surface area contributed by atoms with Gasteiger partial charge in [-0.05, 0) is 32.8 Å². The molecule has 68 valence electrons. The van der Waals surface area contributed by atoms with Gasteiger partial charge in [0.25, 0.3) is 0 Å². The van der Waals surface area contributed by atoms with Crippen LogP contribution in [0.25, 0.3) is 0 Å². The Morgan fingerprint density at radius 2 is 1.92 bits per heavy atom. The maximum atomic E-state index is 3.99. The molecule has 0 aromatic carbocycles. The average Bonchev–Trinajstić information content (AvgIpc) is 2.02. The molecule has 0 aliphatic rings. The summed E-state index contributed by atoms with van der Waals surface area (Å²) in [6.07, 6.45) is 3.20. The molecule has 0 rings (SSSR count). The van der Waals surface area contributed by atoms with Crippen molar-refractivity contribution in [1.82, 2.24) is 0 Å². The van der Waals surface area contributed by atoms with Gasteiger partial charge in [0.1, 0.15) is 0 Å². The zero-order valence-corrected chi connectivity index (χ0v) is 9.51. The van der Waals surface area contributed by atoms with E-state index >= 15 is 0 Å². The third-order valence-electron chi connectivity index (χ3n) is 2.03. The predicted molar refractivity (Wildman–Crippen MR) is 61.5 cm³/mol. The summed E-state index contributed by atoms with van der Waals surface area (Å²) in [6.45, 7) is 14.1. The van der Waals surface area contributed by atoms with E-state index in [1.165, 1.54) is 5.57 Å². The molecule has 0 fully saturated rings. The molecule has 0 amide bonds. The highest BCUT2D eigenvalue weighted by atomic mass is 31.0. The smallest absolute Gasteiger partial charge is 0.00189 e. The topological polar surface area (TPSA) is 0 Å². The summed E-state index contributed by atoms with van der Waals surface area (Å²) in [5.74, 6) is 0. The van der Waals surface area contributed by atoms with Crippen molar-refractivity contribution < 1.29 is 0 Å². The molecular formula is C11H19P. The van der Waals surface area contributed by atoms with Gasteiger partial charge < -0.3 is 0 Å². The first-order valence-electron chi connectivity index (χ1n) is 4.21. The molecule has 0 aliphatic carbocycles. The zero-order valence-electron chi connectivity index (χ0n) is 8.35. The first-order chi connectivity index (χ1) is 5.49. The first kappa shape index (κ1) is 11.6. The van der Waals surface area contributed by atoms with Crippen LogP contribution in [-0.4, -0.2) is 5.66 Å². The molecule has 0 aliphatic heterocycles. The van der Waals surface area contributed by atoms with E-state index in [4.69, 9.17) is 0 Å². The summed E-state index contributed by atoms with van der Waals surface area (Å²) in [5.41, 5.74) is 4.07. The van der Waals surface area contributed by atoms with Crippen molar-refractivity contribution in [2.45, 2.75) is 32.9 Å². The maximum absolute atomic E-state index is 3.99. The molecule has 0 N–H and O–H groups in total. The highest BCUT2D eigenvalue weighted by molar-refractivity contribution is 7.18. The second-order valence-electron chi connectivity index (χ2n) is 3.25. The van der Waals surface area contributed by atoms with Crippen LogP contribution in [-0.2, 0) is 0 Å². The number of hydrogen-bond donors (Lipinski definition) is 0. The largest absolute Gasteiger partial charge is 0.129 e. The minimum Gasteiger partial charge on any atom is -0.129 e. The quantitative estimate of drug-likeness (QED) is 0.353. The van der Waals surface area contributed by atoms with Crippen LogP contribution in [0.3, 0.4) is 0 Å². The summed E-state index contributed by atoms with van der Waals surface area (Å²) in [6, 6.07) is 0. The molecule has 0 saturated carbocycles. The summed E-state index contributed by atoms with van der Waals surface area (Å²) in [7, 11) is 2.81. The Hall–Kier alpha value is -0.350. The molecule has 0 bridgehead atoms. The summed E-state index contributed by atoms with van der Waals surface area (Å²) >= 11 is 0. The van der Waals surface area contributed by atoms with E-state index in [2.05, 4.69) is 42.3 Å². The van der Waals surface area contributed by atoms with E-state index < -0.39 is 0 Å². The van der Waals surface area contributed by atoms with Gasteiger partial charge in [0.15, 0.2) is 0 Å². The number of allylic oxidation sites excluding steroid dienone is 4. The third-order valence-corrected chi connectivity index (χ3v) is 2.67. The van der Waals surface area contributed by atoms with E-state index in [1.54, 1.807) is 0 Å². The molecule has 1 heteroatoms. The molecule has 2 unspecified atom stereocenters. The Balaban J connectivity index is 4.13. The molecule has 0 saturated heterocycles. The Morgan fingerprint density at radius 1 is 1.42 bits per heavy atom. The van der Waals surface area contributed by atoms with Crippen LogP contribution in [0.4, 0.5) is 0 Å². The highest BCUT2D eigenvalue weighted by Crippen LogP contribution is 2.23. The fraction of sp³-hybridized carbons (Fsp3) is 0.455. The summed E-state index contributed by atoms with van der Waals surface area (Å²) < 4.78 is 0. The van der Waals surface area contributed by atoms with Crippen LogP contribution in [0.5, 0.6) is 0 Å². The monoisotopic (exact) mass is 182 g/mol. The molecule has 0 aromatic heterocycles. The van der Waals surface area contributed by atoms with Gasteiger partial charge in [-0.2, -0.15) is 0 Å². The van der Waals surface area contributed by atoms with Crippen molar-refractivity contribution in [3.05, 3.63) is 36.0 Å². The molecule has 0 aromatic rings. The highest BCUT2D eigenvalue weighted by Gasteiger charge is 2.07. The van der Waals surface area contributed by atoms with Crippen molar-refractivity contribution in [1.29, 1.82) is 0 Å². The molecular weight excluding hydrogens is 163 g/mol. The van der Waals surface area contributed by atoms with Crippen molar-refractivity contribution in [3.63, 3.8) is 0 Å². The van der Waals surface area contributed by atoms with Gasteiger partial charge in [0.2, 0.25) is 0 Å². The Morgan fingerprint density at radius 3 is 2.25 bits per heavy atom. The Kier molecular flexibility index (Phi) is 5.17. The molecule has 0 heterocycles. The van der Waals surface area contributed by atoms with E-state index in [-0.39, 0.29) is 0 Å². The number of hydrogen-bond acceptors (Lipinski definition) is 0. The second kappa shape index (κ2) is 5.32. The maximum Gasteiger partial charge on any atom is 0.00189 e. The van der Waals surface area contributed by atoms with E-state index in [0.29, 0.717) is 5.66 Å². The van der Waals surface area contributed by atoms with Crippen LogP contribution in [0, 0.1) is 0 Å². The van der Waals surface area contributed by atoms with Crippen molar-refractivity contribution in [2.24, 2.45) is 0 Å². The van der Waals surface area contributed by atoms with Gasteiger partial charge in [0.05, 0.1) is 0 Å². The van der Waals surface area contributed by atoms with Crippen LogP contribution in [0.1, 0.15) is 27.2 Å². The normalized spacial score (nSPS) is 14.2. The minimum absolute atomic E-state index is 0.443. The average molecular weight is 182 g/mol. The molecule has 0 spiro atoms. The SMILES string of the molecule is C=C(C)C(=C)C(P)C/C(C)=C\C. The number of rotatable bonds is 4. The Labute approximate surface area is 78.6 Å². The lowest BCUT2D eigenvalue weighted by Crippen LogP contribution is -2.02. The van der Waals surface area contributed by atoms with Gasteiger partial charge in [-0.3, -0.25) is 0 Å². The van der Waals surface area contributed by atoms with Gasteiger partial charge in [-0.25, -0.2) is 0 Å². The van der Waals surface area contributed by atoms with E-state index in [0.717, 1.165) is 17.6 Å². The lowest BCUT2D eigenvalue weighted by molar-refractivity contribution is 0.952. The van der Waals surface area contributed by atoms with Crippen molar-refractivity contribution in [3.8, 4) is 0 Å². The Bertz CT molecular complexity index is 211. The zero-order chi connectivity index (χ0) is 9.72. The molecule has 0 nitrogen and oxygen atoms in total. The third kappa shape index (κ3) is 3.88. The van der Waals surface area contributed by atoms with Gasteiger partial charge >= 0.3 is 0 Å². The predicted octanol–water partition coefficient (Wildman–Crippen LogP) is 3.72. The lowest BCUT2D eigenvalue weighted by Gasteiger charge is -2.14. The fourth-order valence-electron chi connectivity index (χ4n) is 0.904. The van der Waals surface area contributed by atoms with Crippen LogP contribution >= 0.6 is 9.24 Å². The van der Waals surface area contributed by atoms with Crippen molar-refractivity contribution in [2.75, 3.05) is 0 Å². The fourth-order valence-corrected chi connectivity index (χ4v) is 1.56. The van der Waals surface area contributed by atoms with E-state index in [9.17, 15) is 0 Å². The lowest BCUT2D eigenvalue weighted by atomic mass is 10.0. The van der Waals surface area contributed by atoms with Gasteiger partial charge in [0, 0.05) is 5.66 Å². The molecule has 12 heavy (non-hydrogen) atoms. The van der Waals surface area contributed by atoms with E-state index in [1.807, 2.05) is 6.92 Å². The minimum atomic E-state index is 0.443. The van der Waals surface area contributed by atoms with Crippen LogP contribution < -0.4 is 0 Å².